The Morgan fingerprint density at radius 3 is 3.06 bits per heavy atom. The van der Waals surface area contributed by atoms with Gasteiger partial charge in [-0.15, -0.1) is 0 Å². The molecule has 96 valence electrons. The lowest BCUT2D eigenvalue weighted by Gasteiger charge is -2.11. The molecule has 1 aromatic heterocycles. The van der Waals surface area contributed by atoms with Crippen molar-refractivity contribution in [1.82, 2.24) is 10.3 Å². The molecule has 1 N–H and O–H groups in total. The fourth-order valence-electron chi connectivity index (χ4n) is 1.72. The van der Waals surface area contributed by atoms with Crippen molar-refractivity contribution in [1.29, 1.82) is 5.26 Å². The van der Waals surface area contributed by atoms with Gasteiger partial charge in [0, 0.05) is 24.7 Å². The number of nitrogens with zero attached hydrogens (tertiary/aromatic N) is 2. The van der Waals surface area contributed by atoms with E-state index in [9.17, 15) is 0 Å². The van der Waals surface area contributed by atoms with Gasteiger partial charge in [0.15, 0.2) is 0 Å². The SMILES string of the molecule is Cc1ccc(OCCCC#N)c(CNC2CC2)n1. The van der Waals surface area contributed by atoms with Crippen LogP contribution in [0, 0.1) is 18.3 Å². The van der Waals surface area contributed by atoms with Crippen molar-refractivity contribution in [3.05, 3.63) is 23.5 Å². The molecule has 2 rings (SSSR count). The zero-order valence-corrected chi connectivity index (χ0v) is 10.8. The Bertz CT molecular complexity index is 435. The van der Waals surface area contributed by atoms with E-state index in [1.807, 2.05) is 19.1 Å². The standard InChI is InChI=1S/C14H19N3O/c1-11-4-7-14(18-9-3-2-8-15)13(17-11)10-16-12-5-6-12/h4,7,12,16H,2-3,5-6,9-10H2,1H3. The first kappa shape index (κ1) is 12.8. The molecular weight excluding hydrogens is 226 g/mol. The smallest absolute Gasteiger partial charge is 0.142 e. The number of pyridine rings is 1. The Morgan fingerprint density at radius 2 is 2.33 bits per heavy atom. The number of aryl methyl sites for hydroxylation is 1. The van der Waals surface area contributed by atoms with E-state index in [0.717, 1.165) is 30.1 Å². The van der Waals surface area contributed by atoms with Crippen LogP contribution in [0.5, 0.6) is 5.75 Å². The third-order valence-electron chi connectivity index (χ3n) is 2.90. The van der Waals surface area contributed by atoms with Gasteiger partial charge >= 0.3 is 0 Å². The van der Waals surface area contributed by atoms with Crippen LogP contribution >= 0.6 is 0 Å². The van der Waals surface area contributed by atoms with E-state index in [-0.39, 0.29) is 0 Å². The molecule has 1 fully saturated rings. The van der Waals surface area contributed by atoms with Crippen molar-refractivity contribution >= 4 is 0 Å². The fraction of sp³-hybridized carbons (Fsp3) is 0.571. The topological polar surface area (TPSA) is 57.9 Å². The monoisotopic (exact) mass is 245 g/mol. The van der Waals surface area contributed by atoms with Crippen molar-refractivity contribution in [2.45, 2.75) is 45.2 Å². The van der Waals surface area contributed by atoms with Crippen molar-refractivity contribution < 1.29 is 4.74 Å². The van der Waals surface area contributed by atoms with Crippen LogP contribution in [0.25, 0.3) is 0 Å². The van der Waals surface area contributed by atoms with E-state index in [1.165, 1.54) is 12.8 Å². The molecule has 0 aromatic carbocycles. The van der Waals surface area contributed by atoms with Crippen molar-refractivity contribution in [3.63, 3.8) is 0 Å². The van der Waals surface area contributed by atoms with E-state index in [1.54, 1.807) is 0 Å². The fourth-order valence-corrected chi connectivity index (χ4v) is 1.72. The minimum Gasteiger partial charge on any atom is -0.492 e. The summed E-state index contributed by atoms with van der Waals surface area (Å²) < 4.78 is 5.69. The molecule has 0 bridgehead atoms. The number of hydrogen-bond donors (Lipinski definition) is 1. The number of nitriles is 1. The quantitative estimate of drug-likeness (QED) is 0.749. The average Bonchev–Trinajstić information content (AvgIpc) is 3.18. The summed E-state index contributed by atoms with van der Waals surface area (Å²) in [5.41, 5.74) is 1.98. The molecule has 1 aliphatic carbocycles. The van der Waals surface area contributed by atoms with E-state index < -0.39 is 0 Å². The Morgan fingerprint density at radius 1 is 1.50 bits per heavy atom. The molecule has 1 aromatic rings. The average molecular weight is 245 g/mol. The van der Waals surface area contributed by atoms with Gasteiger partial charge in [0.2, 0.25) is 0 Å². The lowest BCUT2D eigenvalue weighted by Crippen LogP contribution is -2.17. The molecular formula is C14H19N3O. The Kier molecular flexibility index (Phi) is 4.54. The van der Waals surface area contributed by atoms with Gasteiger partial charge in [0.25, 0.3) is 0 Å². The highest BCUT2D eigenvalue weighted by molar-refractivity contribution is 5.29. The van der Waals surface area contributed by atoms with Gasteiger partial charge in [-0.05, 0) is 38.3 Å². The zero-order valence-electron chi connectivity index (χ0n) is 10.8. The van der Waals surface area contributed by atoms with Crippen LogP contribution in [0.2, 0.25) is 0 Å². The van der Waals surface area contributed by atoms with Crippen molar-refractivity contribution in [3.8, 4) is 11.8 Å². The molecule has 4 nitrogen and oxygen atoms in total. The summed E-state index contributed by atoms with van der Waals surface area (Å²) in [7, 11) is 0. The maximum atomic E-state index is 8.48. The first-order chi connectivity index (χ1) is 8.79. The summed E-state index contributed by atoms with van der Waals surface area (Å²) in [4.78, 5) is 4.52. The van der Waals surface area contributed by atoms with Crippen LogP contribution in [-0.4, -0.2) is 17.6 Å². The molecule has 0 saturated heterocycles. The minimum atomic E-state index is 0.537. The predicted octanol–water partition coefficient (Wildman–Crippen LogP) is 2.32. The lowest BCUT2D eigenvalue weighted by atomic mass is 10.2. The molecule has 0 unspecified atom stereocenters. The Balaban J connectivity index is 1.91. The number of hydrogen-bond acceptors (Lipinski definition) is 4. The van der Waals surface area contributed by atoms with E-state index in [0.29, 0.717) is 19.1 Å². The normalized spacial score (nSPS) is 14.2. The lowest BCUT2D eigenvalue weighted by molar-refractivity contribution is 0.306. The summed E-state index contributed by atoms with van der Waals surface area (Å²) >= 11 is 0. The van der Waals surface area contributed by atoms with Crippen LogP contribution in [0.3, 0.4) is 0 Å². The van der Waals surface area contributed by atoms with Gasteiger partial charge in [-0.25, -0.2) is 0 Å². The van der Waals surface area contributed by atoms with Gasteiger partial charge in [-0.1, -0.05) is 0 Å². The molecule has 1 aliphatic rings. The summed E-state index contributed by atoms with van der Waals surface area (Å²) in [6.45, 7) is 3.33. The molecule has 0 amide bonds. The van der Waals surface area contributed by atoms with Crippen molar-refractivity contribution in [2.24, 2.45) is 0 Å². The van der Waals surface area contributed by atoms with E-state index in [2.05, 4.69) is 16.4 Å². The maximum Gasteiger partial charge on any atom is 0.142 e. The highest BCUT2D eigenvalue weighted by Gasteiger charge is 2.21. The molecule has 18 heavy (non-hydrogen) atoms. The van der Waals surface area contributed by atoms with Crippen LogP contribution in [0.4, 0.5) is 0 Å². The molecule has 0 radical (unpaired) electrons. The highest BCUT2D eigenvalue weighted by atomic mass is 16.5. The summed E-state index contributed by atoms with van der Waals surface area (Å²) in [5, 5.41) is 11.9. The second kappa shape index (κ2) is 6.36. The molecule has 0 atom stereocenters. The second-order valence-electron chi connectivity index (χ2n) is 4.66. The van der Waals surface area contributed by atoms with Gasteiger partial charge < -0.3 is 10.1 Å². The number of ether oxygens (including phenoxy) is 1. The molecule has 1 saturated carbocycles. The summed E-state index contributed by atoms with van der Waals surface area (Å²) in [6.07, 6.45) is 3.84. The number of aromatic nitrogens is 1. The van der Waals surface area contributed by atoms with Crippen molar-refractivity contribution in [2.75, 3.05) is 6.61 Å². The minimum absolute atomic E-state index is 0.537. The Hall–Kier alpha value is -1.60. The summed E-state index contributed by atoms with van der Waals surface area (Å²) in [6, 6.07) is 6.71. The maximum absolute atomic E-state index is 8.48. The van der Waals surface area contributed by atoms with Gasteiger partial charge in [0.05, 0.1) is 18.4 Å². The van der Waals surface area contributed by atoms with Crippen LogP contribution in [0.15, 0.2) is 12.1 Å². The van der Waals surface area contributed by atoms with Gasteiger partial charge in [-0.3, -0.25) is 4.98 Å². The van der Waals surface area contributed by atoms with Gasteiger partial charge in [0.1, 0.15) is 5.75 Å². The third kappa shape index (κ3) is 4.01. The number of unbranched alkanes of at least 4 members (excludes halogenated alkanes) is 1. The van der Waals surface area contributed by atoms with Gasteiger partial charge in [-0.2, -0.15) is 5.26 Å². The molecule has 4 heteroatoms. The third-order valence-corrected chi connectivity index (χ3v) is 2.90. The highest BCUT2D eigenvalue weighted by Crippen LogP contribution is 2.22. The predicted molar refractivity (Wildman–Crippen MR) is 69.2 cm³/mol. The zero-order chi connectivity index (χ0) is 12.8. The first-order valence-electron chi connectivity index (χ1n) is 6.49. The summed E-state index contributed by atoms with van der Waals surface area (Å²) in [5.74, 6) is 0.840. The van der Waals surface area contributed by atoms with Crippen LogP contribution in [-0.2, 0) is 6.54 Å². The molecule has 0 spiro atoms. The first-order valence-corrected chi connectivity index (χ1v) is 6.49. The largest absolute Gasteiger partial charge is 0.492 e. The van der Waals surface area contributed by atoms with Crippen LogP contribution in [0.1, 0.15) is 37.1 Å². The van der Waals surface area contributed by atoms with Crippen LogP contribution < -0.4 is 10.1 Å². The molecule has 1 heterocycles. The molecule has 0 aliphatic heterocycles. The van der Waals surface area contributed by atoms with E-state index >= 15 is 0 Å². The number of rotatable bonds is 7. The number of nitrogens with one attached hydrogen (secondary N) is 1. The van der Waals surface area contributed by atoms with E-state index in [4.69, 9.17) is 10.00 Å². The Labute approximate surface area is 108 Å². The second-order valence-corrected chi connectivity index (χ2v) is 4.66.